The van der Waals surface area contributed by atoms with Crippen LogP contribution in [0.2, 0.25) is 0 Å². The lowest BCUT2D eigenvalue weighted by Crippen LogP contribution is -2.53. The van der Waals surface area contributed by atoms with Gasteiger partial charge in [-0.3, -0.25) is 35.5 Å². The summed E-state index contributed by atoms with van der Waals surface area (Å²) < 4.78 is 0. The monoisotopic (exact) mass is 867 g/mol. The molecule has 4 atom stereocenters. The van der Waals surface area contributed by atoms with E-state index in [9.17, 15) is 34.0 Å². The lowest BCUT2D eigenvalue weighted by molar-refractivity contribution is -0.116. The van der Waals surface area contributed by atoms with Crippen LogP contribution in [0.4, 0.5) is 30.8 Å². The first-order valence-electron chi connectivity index (χ1n) is 21.2. The van der Waals surface area contributed by atoms with Gasteiger partial charge in [-0.25, -0.2) is 29.2 Å². The molecule has 5 rings (SSSR count). The number of aliphatic imine (C=N–C) groups is 2. The normalized spacial score (nSPS) is 23.9. The number of hydrogen-bond donors (Lipinski definition) is 9. The molecule has 0 spiro atoms. The Morgan fingerprint density at radius 1 is 0.794 bits per heavy atom. The summed E-state index contributed by atoms with van der Waals surface area (Å²) in [5, 5.41) is 32.0. The standard InChI is InChI=1S/C44H61N13O6/c1-26-13-14-46-35(49-26)56-37(60)47-24-44(8)20-32(18-42(5,6)23-44)53-40(63)55-34(59)29(21-45)16-28-9-11-30(12-10-28)51-39(62)52-31-17-41(3,4)22-43(7,19-31)25-48-38(61)57-36-50-27(2)15-33(58)54-36/h9-12,15-16,31-32H,13-14,17-20,22-25H2,1-8H3,(H2,51,52,62)(H2,46,47,56,60)(H2,53,55,59,63)(H3,48,50,54,57,58,61). The Kier molecular flexibility index (Phi) is 14.8. The van der Waals surface area contributed by atoms with E-state index >= 15 is 0 Å². The molecule has 9 amide bonds. The Labute approximate surface area is 367 Å². The number of nitriles is 1. The fourth-order valence-electron chi connectivity index (χ4n) is 9.65. The van der Waals surface area contributed by atoms with Gasteiger partial charge in [0.15, 0.2) is 0 Å². The van der Waals surface area contributed by atoms with Crippen molar-refractivity contribution >= 4 is 59.4 Å². The zero-order valence-corrected chi connectivity index (χ0v) is 37.4. The molecule has 338 valence electrons. The van der Waals surface area contributed by atoms with Crippen LogP contribution in [0.3, 0.4) is 0 Å². The number of urea groups is 4. The molecule has 2 saturated carbocycles. The Morgan fingerprint density at radius 3 is 1.92 bits per heavy atom. The Hall–Kier alpha value is -6.58. The molecule has 2 aliphatic carbocycles. The Balaban J connectivity index is 1.09. The van der Waals surface area contributed by atoms with Crippen molar-refractivity contribution in [2.75, 3.05) is 30.3 Å². The minimum Gasteiger partial charge on any atom is -0.337 e. The topological polar surface area (TPSA) is 276 Å². The maximum Gasteiger partial charge on any atom is 0.321 e. The number of H-pyrrole nitrogens is 1. The second kappa shape index (κ2) is 19.6. The van der Waals surface area contributed by atoms with Gasteiger partial charge in [-0.2, -0.15) is 5.26 Å². The van der Waals surface area contributed by atoms with Gasteiger partial charge in [0.05, 0.1) is 0 Å². The van der Waals surface area contributed by atoms with Crippen LogP contribution in [0.15, 0.2) is 50.7 Å². The van der Waals surface area contributed by atoms with Crippen LogP contribution in [-0.2, 0) is 4.79 Å². The van der Waals surface area contributed by atoms with Crippen molar-refractivity contribution in [1.82, 2.24) is 41.9 Å². The number of carbonyl (C=O) groups excluding carboxylic acids is 5. The number of anilines is 2. The molecule has 19 nitrogen and oxygen atoms in total. The Morgan fingerprint density at radius 2 is 1.37 bits per heavy atom. The minimum absolute atomic E-state index is 0.0541. The maximum atomic E-state index is 13.2. The summed E-state index contributed by atoms with van der Waals surface area (Å²) >= 11 is 0. The van der Waals surface area contributed by atoms with E-state index in [4.69, 9.17) is 0 Å². The summed E-state index contributed by atoms with van der Waals surface area (Å²) in [5.41, 5.74) is 0.657. The largest absolute Gasteiger partial charge is 0.337 e. The highest BCUT2D eigenvalue weighted by Crippen LogP contribution is 2.47. The van der Waals surface area contributed by atoms with Crippen molar-refractivity contribution in [1.29, 1.82) is 5.26 Å². The Bertz CT molecular complexity index is 2270. The molecule has 1 aliphatic heterocycles. The second-order valence-corrected chi connectivity index (χ2v) is 19.5. The van der Waals surface area contributed by atoms with Crippen LogP contribution < -0.4 is 48.1 Å². The van der Waals surface area contributed by atoms with Gasteiger partial charge in [-0.15, -0.1) is 0 Å². The zero-order chi connectivity index (χ0) is 46.2. The number of rotatable bonds is 10. The molecule has 2 fully saturated rings. The van der Waals surface area contributed by atoms with Crippen molar-refractivity contribution in [3.63, 3.8) is 0 Å². The van der Waals surface area contributed by atoms with Gasteiger partial charge < -0.3 is 26.6 Å². The average Bonchev–Trinajstić information content (AvgIpc) is 3.14. The van der Waals surface area contributed by atoms with E-state index in [2.05, 4.69) is 97.1 Å². The maximum absolute atomic E-state index is 13.2. The fourth-order valence-corrected chi connectivity index (χ4v) is 9.65. The van der Waals surface area contributed by atoms with Crippen LogP contribution in [0.1, 0.15) is 105 Å². The third-order valence-electron chi connectivity index (χ3n) is 11.3. The predicted molar refractivity (Wildman–Crippen MR) is 241 cm³/mol. The quantitative estimate of drug-likeness (QED) is 0.109. The van der Waals surface area contributed by atoms with Gasteiger partial charge in [0.1, 0.15) is 11.6 Å². The predicted octanol–water partition coefficient (Wildman–Crippen LogP) is 5.44. The SMILES string of the molecule is CC1=NC(NC(=O)NCC2(C)CC(NC(=O)NC(=O)C(C#N)=Cc3ccc(NC(=O)NC4CC(C)(C)CC(C)(CNC(=O)Nc5nc(C)cc(=O)[nH]5)C4)cc3)CC(C)(C)C2)=NCC1. The lowest BCUT2D eigenvalue weighted by Gasteiger charge is -2.46. The number of hydrogen-bond acceptors (Lipinski definition) is 10. The van der Waals surface area contributed by atoms with Gasteiger partial charge >= 0.3 is 24.1 Å². The summed E-state index contributed by atoms with van der Waals surface area (Å²) in [4.78, 5) is 91.5. The van der Waals surface area contributed by atoms with E-state index in [1.54, 1.807) is 31.2 Å². The number of amides is 9. The van der Waals surface area contributed by atoms with Crippen molar-refractivity contribution in [2.24, 2.45) is 31.6 Å². The number of nitrogens with zero attached hydrogens (tertiary/aromatic N) is 4. The molecule has 19 heteroatoms. The highest BCUT2D eigenvalue weighted by Gasteiger charge is 2.43. The summed E-state index contributed by atoms with van der Waals surface area (Å²) in [7, 11) is 0. The summed E-state index contributed by atoms with van der Waals surface area (Å²) in [6.07, 6.45) is 6.22. The second-order valence-electron chi connectivity index (χ2n) is 19.5. The van der Waals surface area contributed by atoms with Crippen LogP contribution in [0.25, 0.3) is 6.08 Å². The molecule has 0 bridgehead atoms. The molecular formula is C44H61N13O6. The molecule has 9 N–H and O–H groups in total. The summed E-state index contributed by atoms with van der Waals surface area (Å²) in [6.45, 7) is 17.3. The van der Waals surface area contributed by atoms with E-state index < -0.39 is 30.0 Å². The summed E-state index contributed by atoms with van der Waals surface area (Å²) in [5.74, 6) is -0.529. The van der Waals surface area contributed by atoms with Gasteiger partial charge in [0, 0.05) is 61.3 Å². The first-order valence-corrected chi connectivity index (χ1v) is 21.2. The summed E-state index contributed by atoms with van der Waals surface area (Å²) in [6, 6.07) is 7.18. The number of aryl methyl sites for hydroxylation is 1. The molecule has 1 aromatic heterocycles. The molecule has 1 aromatic carbocycles. The average molecular weight is 868 g/mol. The van der Waals surface area contributed by atoms with E-state index in [0.717, 1.165) is 31.4 Å². The van der Waals surface area contributed by atoms with Crippen molar-refractivity contribution in [3.8, 4) is 6.07 Å². The van der Waals surface area contributed by atoms with Crippen LogP contribution in [-0.4, -0.2) is 83.4 Å². The lowest BCUT2D eigenvalue weighted by atomic mass is 9.62. The number of aromatic amines is 1. The molecule has 63 heavy (non-hydrogen) atoms. The molecule has 2 heterocycles. The number of guanidine groups is 1. The molecule has 3 aliphatic rings. The third-order valence-corrected chi connectivity index (χ3v) is 11.3. The van der Waals surface area contributed by atoms with Crippen molar-refractivity contribution < 1.29 is 24.0 Å². The van der Waals surface area contributed by atoms with Crippen LogP contribution >= 0.6 is 0 Å². The van der Waals surface area contributed by atoms with Gasteiger partial charge in [0.25, 0.3) is 11.5 Å². The van der Waals surface area contributed by atoms with Crippen molar-refractivity contribution in [2.45, 2.75) is 112 Å². The van der Waals surface area contributed by atoms with Crippen molar-refractivity contribution in [3.05, 3.63) is 57.5 Å². The minimum atomic E-state index is -0.867. The van der Waals surface area contributed by atoms with E-state index in [1.165, 1.54) is 12.1 Å². The first-order chi connectivity index (χ1) is 29.5. The number of benzene rings is 1. The smallest absolute Gasteiger partial charge is 0.321 e. The third kappa shape index (κ3) is 14.8. The number of aromatic nitrogens is 2. The van der Waals surface area contributed by atoms with E-state index in [1.807, 2.05) is 19.9 Å². The molecular weight excluding hydrogens is 807 g/mol. The van der Waals surface area contributed by atoms with Gasteiger partial charge in [-0.1, -0.05) is 53.7 Å². The number of carbonyl (C=O) groups is 5. The molecule has 2 aromatic rings. The zero-order valence-electron chi connectivity index (χ0n) is 37.4. The molecule has 0 radical (unpaired) electrons. The van der Waals surface area contributed by atoms with Gasteiger partial charge in [0.2, 0.25) is 11.9 Å². The highest BCUT2D eigenvalue weighted by molar-refractivity contribution is 6.09. The number of imide groups is 1. The van der Waals surface area contributed by atoms with Gasteiger partial charge in [-0.05, 0) is 97.8 Å². The van der Waals surface area contributed by atoms with E-state index in [0.29, 0.717) is 55.8 Å². The first kappa shape index (κ1) is 47.5. The molecule has 0 saturated heterocycles. The van der Waals surface area contributed by atoms with Crippen LogP contribution in [0, 0.1) is 39.9 Å². The number of nitrogens with one attached hydrogen (secondary N) is 9. The highest BCUT2D eigenvalue weighted by atomic mass is 16.2. The van der Waals surface area contributed by atoms with E-state index in [-0.39, 0.29) is 56.8 Å². The fraction of sp³-hybridized carbons (Fsp3) is 0.545. The van der Waals surface area contributed by atoms with Crippen LogP contribution in [0.5, 0.6) is 0 Å². The molecule has 4 unspecified atom stereocenters.